The lowest BCUT2D eigenvalue weighted by molar-refractivity contribution is -0.144. The van der Waals surface area contributed by atoms with Gasteiger partial charge in [-0.3, -0.25) is 9.69 Å². The van der Waals surface area contributed by atoms with E-state index in [9.17, 15) is 4.79 Å². The molecule has 2 rings (SSSR count). The summed E-state index contributed by atoms with van der Waals surface area (Å²) in [4.78, 5) is 13.6. The van der Waals surface area contributed by atoms with E-state index in [1.165, 1.54) is 11.1 Å². The Hall–Kier alpha value is -1.81. The summed E-state index contributed by atoms with van der Waals surface area (Å²) < 4.78 is 11.0. The minimum atomic E-state index is -0.203. The van der Waals surface area contributed by atoms with E-state index < -0.39 is 0 Å². The fourth-order valence-electron chi connectivity index (χ4n) is 2.61. The van der Waals surface area contributed by atoms with Crippen LogP contribution in [0.25, 0.3) is 0 Å². The number of ether oxygens (including phenoxy) is 2. The van der Waals surface area contributed by atoms with Gasteiger partial charge in [-0.2, -0.15) is 0 Å². The number of aryl methyl sites for hydroxylation is 1. The summed E-state index contributed by atoms with van der Waals surface area (Å²) in [6.07, 6.45) is 2.76. The van der Waals surface area contributed by atoms with Gasteiger partial charge in [-0.15, -0.1) is 6.58 Å². The maximum atomic E-state index is 11.6. The van der Waals surface area contributed by atoms with Crippen LogP contribution in [0.3, 0.4) is 0 Å². The average molecular weight is 289 g/mol. The number of esters is 1. The van der Waals surface area contributed by atoms with E-state index in [1.807, 2.05) is 17.9 Å². The summed E-state index contributed by atoms with van der Waals surface area (Å²) in [5, 5.41) is 0. The van der Waals surface area contributed by atoms with E-state index in [0.717, 1.165) is 12.2 Å². The Bertz CT molecular complexity index is 513. The molecule has 4 nitrogen and oxygen atoms in total. The summed E-state index contributed by atoms with van der Waals surface area (Å²) in [6.45, 7) is 9.66. The van der Waals surface area contributed by atoms with Crippen molar-refractivity contribution >= 4 is 5.97 Å². The molecule has 0 aromatic heterocycles. The molecule has 1 aliphatic heterocycles. The Labute approximate surface area is 126 Å². The van der Waals surface area contributed by atoms with E-state index in [1.54, 1.807) is 6.08 Å². The summed E-state index contributed by atoms with van der Waals surface area (Å²) in [7, 11) is 0. The van der Waals surface area contributed by atoms with Crippen molar-refractivity contribution in [3.8, 4) is 5.75 Å². The van der Waals surface area contributed by atoms with Crippen LogP contribution in [0.4, 0.5) is 0 Å². The van der Waals surface area contributed by atoms with E-state index in [2.05, 4.69) is 25.6 Å². The number of rotatable bonds is 7. The molecule has 0 saturated heterocycles. The minimum Gasteiger partial charge on any atom is -0.488 e. The van der Waals surface area contributed by atoms with Crippen LogP contribution >= 0.6 is 0 Å². The third-order valence-electron chi connectivity index (χ3n) is 3.46. The molecule has 21 heavy (non-hydrogen) atoms. The first-order valence-corrected chi connectivity index (χ1v) is 7.37. The number of carbonyl (C=O) groups excluding carboxylic acids is 1. The lowest BCUT2D eigenvalue weighted by atomic mass is 10.1. The first-order valence-electron chi connectivity index (χ1n) is 7.37. The van der Waals surface area contributed by atoms with Gasteiger partial charge in [0.05, 0.1) is 13.2 Å². The van der Waals surface area contributed by atoms with E-state index >= 15 is 0 Å². The Morgan fingerprint density at radius 3 is 3.10 bits per heavy atom. The third-order valence-corrected chi connectivity index (χ3v) is 3.46. The number of benzene rings is 1. The van der Waals surface area contributed by atoms with Crippen molar-refractivity contribution in [3.63, 3.8) is 0 Å². The van der Waals surface area contributed by atoms with Crippen LogP contribution in [0, 0.1) is 6.92 Å². The largest absolute Gasteiger partial charge is 0.488 e. The lowest BCUT2D eigenvalue weighted by Crippen LogP contribution is -2.38. The molecule has 1 aromatic rings. The van der Waals surface area contributed by atoms with Crippen LogP contribution < -0.4 is 4.74 Å². The normalized spacial score (nSPS) is 16.4. The summed E-state index contributed by atoms with van der Waals surface area (Å²) in [5.41, 5.74) is 2.49. The van der Waals surface area contributed by atoms with Crippen molar-refractivity contribution in [2.24, 2.45) is 0 Å². The molecule has 1 atom stereocenters. The molecule has 1 aromatic carbocycles. The Kier molecular flexibility index (Phi) is 5.39. The fraction of sp³-hybridized carbons (Fsp3) is 0.471. The maximum absolute atomic E-state index is 11.6. The Morgan fingerprint density at radius 2 is 2.38 bits per heavy atom. The molecular formula is C17H23NO3. The number of hydrogen-bond donors (Lipinski definition) is 0. The third kappa shape index (κ3) is 4.33. The molecule has 0 fully saturated rings. The van der Waals surface area contributed by atoms with Crippen molar-refractivity contribution in [2.45, 2.75) is 26.4 Å². The summed E-state index contributed by atoms with van der Waals surface area (Å²) in [5.74, 6) is 0.756. The van der Waals surface area contributed by atoms with Crippen LogP contribution in [-0.2, 0) is 16.0 Å². The van der Waals surface area contributed by atoms with Gasteiger partial charge in [0.25, 0.3) is 0 Å². The predicted molar refractivity (Wildman–Crippen MR) is 82.6 cm³/mol. The number of fused-ring (bicyclic) bond motifs is 1. The second kappa shape index (κ2) is 7.27. The molecule has 0 saturated carbocycles. The van der Waals surface area contributed by atoms with Gasteiger partial charge in [0.1, 0.15) is 11.9 Å². The van der Waals surface area contributed by atoms with E-state index in [0.29, 0.717) is 19.7 Å². The van der Waals surface area contributed by atoms with E-state index in [4.69, 9.17) is 9.47 Å². The fourth-order valence-corrected chi connectivity index (χ4v) is 2.61. The average Bonchev–Trinajstić information content (AvgIpc) is 2.80. The molecule has 0 spiro atoms. The van der Waals surface area contributed by atoms with Crippen LogP contribution in [-0.4, -0.2) is 43.2 Å². The van der Waals surface area contributed by atoms with Gasteiger partial charge in [-0.05, 0) is 25.5 Å². The van der Waals surface area contributed by atoms with Gasteiger partial charge in [0.15, 0.2) is 0 Å². The zero-order chi connectivity index (χ0) is 15.2. The SMILES string of the molecule is C=CCN(CC(=O)OCC)CC1Cc2cc(C)ccc2O1. The van der Waals surface area contributed by atoms with Crippen LogP contribution in [0.15, 0.2) is 30.9 Å². The van der Waals surface area contributed by atoms with Gasteiger partial charge >= 0.3 is 5.97 Å². The smallest absolute Gasteiger partial charge is 0.320 e. The molecule has 0 bridgehead atoms. The van der Waals surface area contributed by atoms with Crippen molar-refractivity contribution in [1.82, 2.24) is 4.90 Å². The highest BCUT2D eigenvalue weighted by molar-refractivity contribution is 5.71. The zero-order valence-electron chi connectivity index (χ0n) is 12.8. The molecule has 4 heteroatoms. The first kappa shape index (κ1) is 15.6. The Morgan fingerprint density at radius 1 is 1.57 bits per heavy atom. The van der Waals surface area contributed by atoms with Crippen LogP contribution in [0.1, 0.15) is 18.1 Å². The number of carbonyl (C=O) groups is 1. The summed E-state index contributed by atoms with van der Waals surface area (Å²) >= 11 is 0. The molecular weight excluding hydrogens is 266 g/mol. The van der Waals surface area contributed by atoms with Gasteiger partial charge in [0, 0.05) is 19.5 Å². The monoisotopic (exact) mass is 289 g/mol. The molecule has 114 valence electrons. The van der Waals surface area contributed by atoms with Gasteiger partial charge in [0.2, 0.25) is 0 Å². The standard InChI is InChI=1S/C17H23NO3/c1-4-8-18(12-17(19)20-5-2)11-15-10-14-9-13(3)6-7-16(14)21-15/h4,6-7,9,15H,1,5,8,10-12H2,2-3H3. The molecule has 1 aliphatic rings. The first-order chi connectivity index (χ1) is 10.1. The molecule has 0 radical (unpaired) electrons. The molecule has 1 unspecified atom stereocenters. The lowest BCUT2D eigenvalue weighted by Gasteiger charge is -2.22. The van der Waals surface area contributed by atoms with Gasteiger partial charge in [-0.25, -0.2) is 0 Å². The van der Waals surface area contributed by atoms with Crippen molar-refractivity contribution in [2.75, 3.05) is 26.2 Å². The maximum Gasteiger partial charge on any atom is 0.320 e. The second-order valence-corrected chi connectivity index (χ2v) is 5.34. The highest BCUT2D eigenvalue weighted by Crippen LogP contribution is 2.29. The van der Waals surface area contributed by atoms with Gasteiger partial charge < -0.3 is 9.47 Å². The zero-order valence-corrected chi connectivity index (χ0v) is 12.8. The number of hydrogen-bond acceptors (Lipinski definition) is 4. The Balaban J connectivity index is 1.93. The quantitative estimate of drug-likeness (QED) is 0.570. The minimum absolute atomic E-state index is 0.0798. The number of nitrogens with zero attached hydrogens (tertiary/aromatic N) is 1. The molecule has 0 aliphatic carbocycles. The van der Waals surface area contributed by atoms with Crippen molar-refractivity contribution < 1.29 is 14.3 Å². The topological polar surface area (TPSA) is 38.8 Å². The second-order valence-electron chi connectivity index (χ2n) is 5.34. The molecule has 0 amide bonds. The van der Waals surface area contributed by atoms with Crippen LogP contribution in [0.2, 0.25) is 0 Å². The van der Waals surface area contributed by atoms with Crippen molar-refractivity contribution in [3.05, 3.63) is 42.0 Å². The van der Waals surface area contributed by atoms with Crippen molar-refractivity contribution in [1.29, 1.82) is 0 Å². The molecule has 0 N–H and O–H groups in total. The van der Waals surface area contributed by atoms with Gasteiger partial charge in [-0.1, -0.05) is 23.8 Å². The van der Waals surface area contributed by atoms with E-state index in [-0.39, 0.29) is 18.6 Å². The predicted octanol–water partition coefficient (Wildman–Crippen LogP) is 2.35. The highest BCUT2D eigenvalue weighted by Gasteiger charge is 2.25. The highest BCUT2D eigenvalue weighted by atomic mass is 16.5. The summed E-state index contributed by atoms with van der Waals surface area (Å²) in [6, 6.07) is 6.24. The molecule has 1 heterocycles. The van der Waals surface area contributed by atoms with Crippen LogP contribution in [0.5, 0.6) is 5.75 Å².